The van der Waals surface area contributed by atoms with Gasteiger partial charge in [-0.25, -0.2) is 8.42 Å². The Labute approximate surface area is 159 Å². The monoisotopic (exact) mass is 396 g/mol. The van der Waals surface area contributed by atoms with E-state index in [1.54, 1.807) is 17.5 Å². The molecule has 1 amide bonds. The van der Waals surface area contributed by atoms with Crippen molar-refractivity contribution in [2.24, 2.45) is 5.92 Å². The third-order valence-corrected chi connectivity index (χ3v) is 8.29. The van der Waals surface area contributed by atoms with E-state index < -0.39 is 16.1 Å². The second-order valence-electron chi connectivity index (χ2n) is 6.69. The van der Waals surface area contributed by atoms with Crippen LogP contribution in [0, 0.1) is 18.3 Å². The molecule has 3 rings (SSSR count). The van der Waals surface area contributed by atoms with Crippen LogP contribution in [0.3, 0.4) is 0 Å². The Morgan fingerprint density at radius 2 is 2.08 bits per heavy atom. The molecule has 0 aliphatic carbocycles. The summed E-state index contributed by atoms with van der Waals surface area (Å²) in [6.45, 7) is 2.64. The Balaban J connectivity index is 1.60. The highest BCUT2D eigenvalue weighted by Crippen LogP contribution is 2.30. The molecule has 0 radical (unpaired) electrons. The summed E-state index contributed by atoms with van der Waals surface area (Å²) in [6.07, 6.45) is 8.21. The lowest BCUT2D eigenvalue weighted by Gasteiger charge is -2.35. The van der Waals surface area contributed by atoms with Gasteiger partial charge in [-0.1, -0.05) is 12.0 Å². The molecule has 26 heavy (non-hydrogen) atoms. The van der Waals surface area contributed by atoms with Gasteiger partial charge in [0.05, 0.1) is 6.61 Å². The molecule has 0 saturated carbocycles. The van der Waals surface area contributed by atoms with Crippen molar-refractivity contribution in [1.82, 2.24) is 9.21 Å². The van der Waals surface area contributed by atoms with Crippen LogP contribution < -0.4 is 0 Å². The average molecular weight is 397 g/mol. The van der Waals surface area contributed by atoms with Crippen LogP contribution in [0.5, 0.6) is 0 Å². The molecule has 0 aromatic carbocycles. The molecule has 0 spiro atoms. The van der Waals surface area contributed by atoms with E-state index in [9.17, 15) is 13.2 Å². The summed E-state index contributed by atoms with van der Waals surface area (Å²) in [5.41, 5.74) is 0. The smallest absolute Gasteiger partial charge is 0.253 e. The van der Waals surface area contributed by atoms with Gasteiger partial charge in [0.1, 0.15) is 16.9 Å². The Hall–Kier alpha value is -1.40. The molecule has 6 nitrogen and oxygen atoms in total. The quantitative estimate of drug-likeness (QED) is 0.543. The first-order chi connectivity index (χ1) is 12.5. The zero-order valence-corrected chi connectivity index (χ0v) is 16.3. The summed E-state index contributed by atoms with van der Waals surface area (Å²) in [6, 6.07) is 2.75. The number of sulfonamides is 1. The molecule has 1 aromatic heterocycles. The number of carbonyl (C=O) groups excluding carboxylic acids is 1. The van der Waals surface area contributed by atoms with Gasteiger partial charge in [-0.3, -0.25) is 4.79 Å². The minimum Gasteiger partial charge on any atom is -0.369 e. The normalized spacial score (nSPS) is 22.4. The number of hydrogen-bond acceptors (Lipinski definition) is 5. The summed E-state index contributed by atoms with van der Waals surface area (Å²) in [7, 11) is -3.59. The number of amides is 1. The topological polar surface area (TPSA) is 66.9 Å². The van der Waals surface area contributed by atoms with Gasteiger partial charge < -0.3 is 9.64 Å². The maximum Gasteiger partial charge on any atom is 0.253 e. The predicted molar refractivity (Wildman–Crippen MR) is 100 cm³/mol. The number of piperidine rings is 1. The van der Waals surface area contributed by atoms with Crippen molar-refractivity contribution in [3.8, 4) is 12.3 Å². The van der Waals surface area contributed by atoms with Crippen molar-refractivity contribution < 1.29 is 17.9 Å². The van der Waals surface area contributed by atoms with Crippen LogP contribution in [0.2, 0.25) is 0 Å². The van der Waals surface area contributed by atoms with Crippen molar-refractivity contribution in [2.45, 2.75) is 35.9 Å². The molecule has 1 atom stereocenters. The van der Waals surface area contributed by atoms with Crippen molar-refractivity contribution in [3.63, 3.8) is 0 Å². The Morgan fingerprint density at radius 1 is 1.31 bits per heavy atom. The molecule has 3 heterocycles. The summed E-state index contributed by atoms with van der Waals surface area (Å²) in [4.78, 5) is 14.8. The van der Waals surface area contributed by atoms with Crippen LogP contribution in [0.25, 0.3) is 0 Å². The number of nitrogens with zero attached hydrogens (tertiary/aromatic N) is 2. The summed E-state index contributed by atoms with van der Waals surface area (Å²) < 4.78 is 32.7. The van der Waals surface area contributed by atoms with E-state index in [0.717, 1.165) is 19.3 Å². The molecule has 0 bridgehead atoms. The Morgan fingerprint density at radius 3 is 2.73 bits per heavy atom. The molecular formula is C18H24N2O4S2. The van der Waals surface area contributed by atoms with Gasteiger partial charge in [-0.05, 0) is 43.0 Å². The first kappa shape index (κ1) is 19.4. The standard InChI is InChI=1S/C18H24N2O4S2/c1-2-12-24-14-15-7-10-19(11-8-15)18(21)16-5-3-9-20(16)26(22,23)17-6-4-13-25-17/h1,4,6,13,15-16H,3,5,7-12,14H2. The molecule has 142 valence electrons. The Bertz CT molecular complexity index is 747. The maximum atomic E-state index is 13.0. The number of thiophene rings is 1. The summed E-state index contributed by atoms with van der Waals surface area (Å²) in [5.74, 6) is 2.79. The van der Waals surface area contributed by atoms with E-state index in [0.29, 0.717) is 49.4 Å². The van der Waals surface area contributed by atoms with Crippen molar-refractivity contribution >= 4 is 27.3 Å². The lowest BCUT2D eigenvalue weighted by molar-refractivity contribution is -0.136. The molecule has 1 unspecified atom stereocenters. The number of rotatable bonds is 6. The number of carbonyl (C=O) groups is 1. The first-order valence-corrected chi connectivity index (χ1v) is 11.2. The molecule has 8 heteroatoms. The number of ether oxygens (including phenoxy) is 1. The van der Waals surface area contributed by atoms with Crippen molar-refractivity contribution in [1.29, 1.82) is 0 Å². The fraction of sp³-hybridized carbons (Fsp3) is 0.611. The Kier molecular flexibility index (Phi) is 6.35. The second kappa shape index (κ2) is 8.53. The van der Waals surface area contributed by atoms with Gasteiger partial charge in [-0.2, -0.15) is 4.31 Å². The largest absolute Gasteiger partial charge is 0.369 e. The zero-order valence-electron chi connectivity index (χ0n) is 14.7. The van der Waals surface area contributed by atoms with Gasteiger partial charge in [-0.15, -0.1) is 17.8 Å². The molecular weight excluding hydrogens is 372 g/mol. The van der Waals surface area contributed by atoms with Crippen molar-refractivity contribution in [3.05, 3.63) is 17.5 Å². The number of hydrogen-bond donors (Lipinski definition) is 0. The summed E-state index contributed by atoms with van der Waals surface area (Å²) in [5, 5.41) is 1.74. The minimum absolute atomic E-state index is 0.0642. The van der Waals surface area contributed by atoms with Gasteiger partial charge in [0.15, 0.2) is 0 Å². The number of likely N-dealkylation sites (tertiary alicyclic amines) is 1. The minimum atomic E-state index is -3.59. The number of terminal acetylenes is 1. The zero-order chi connectivity index (χ0) is 18.6. The van der Waals surface area contributed by atoms with E-state index >= 15 is 0 Å². The molecule has 2 saturated heterocycles. The highest BCUT2D eigenvalue weighted by Gasteiger charge is 2.42. The van der Waals surface area contributed by atoms with Crippen LogP contribution in [-0.4, -0.2) is 62.4 Å². The molecule has 1 aromatic rings. The fourth-order valence-corrected chi connectivity index (χ4v) is 6.39. The fourth-order valence-electron chi connectivity index (χ4n) is 3.62. The van der Waals surface area contributed by atoms with Crippen molar-refractivity contribution in [2.75, 3.05) is 32.8 Å². The van der Waals surface area contributed by atoms with Crippen LogP contribution in [-0.2, 0) is 19.6 Å². The average Bonchev–Trinajstić information content (AvgIpc) is 3.34. The molecule has 0 N–H and O–H groups in total. The third kappa shape index (κ3) is 4.12. The van der Waals surface area contributed by atoms with E-state index in [-0.39, 0.29) is 5.91 Å². The predicted octanol–water partition coefficient (Wildman–Crippen LogP) is 1.79. The van der Waals surface area contributed by atoms with Gasteiger partial charge in [0.2, 0.25) is 5.91 Å². The van der Waals surface area contributed by atoms with E-state index in [2.05, 4.69) is 5.92 Å². The van der Waals surface area contributed by atoms with Gasteiger partial charge in [0.25, 0.3) is 10.0 Å². The molecule has 2 aliphatic rings. The van der Waals surface area contributed by atoms with E-state index in [1.807, 2.05) is 4.90 Å². The van der Waals surface area contributed by atoms with Crippen LogP contribution in [0.15, 0.2) is 21.7 Å². The van der Waals surface area contributed by atoms with E-state index in [1.165, 1.54) is 15.6 Å². The first-order valence-electron chi connectivity index (χ1n) is 8.89. The van der Waals surface area contributed by atoms with Crippen LogP contribution in [0.4, 0.5) is 0 Å². The van der Waals surface area contributed by atoms with Gasteiger partial charge >= 0.3 is 0 Å². The maximum absolute atomic E-state index is 13.0. The second-order valence-corrected chi connectivity index (χ2v) is 9.76. The van der Waals surface area contributed by atoms with E-state index in [4.69, 9.17) is 11.2 Å². The molecule has 2 aliphatic heterocycles. The van der Waals surface area contributed by atoms with Crippen LogP contribution >= 0.6 is 11.3 Å². The lowest BCUT2D eigenvalue weighted by Crippen LogP contribution is -2.50. The lowest BCUT2D eigenvalue weighted by atomic mass is 9.97. The highest BCUT2D eigenvalue weighted by molar-refractivity contribution is 7.91. The SMILES string of the molecule is C#CCOCC1CCN(C(=O)C2CCCN2S(=O)(=O)c2cccs2)CC1. The highest BCUT2D eigenvalue weighted by atomic mass is 32.2. The third-order valence-electron chi connectivity index (χ3n) is 5.01. The van der Waals surface area contributed by atoms with Crippen LogP contribution in [0.1, 0.15) is 25.7 Å². The van der Waals surface area contributed by atoms with Gasteiger partial charge in [0, 0.05) is 19.6 Å². The summed E-state index contributed by atoms with van der Waals surface area (Å²) >= 11 is 1.19. The molecule has 2 fully saturated rings.